The molecule has 1 spiro atoms. The van der Waals surface area contributed by atoms with Gasteiger partial charge in [-0.2, -0.15) is 0 Å². The molecule has 0 radical (unpaired) electrons. The summed E-state index contributed by atoms with van der Waals surface area (Å²) in [4.78, 5) is 21.3. The lowest BCUT2D eigenvalue weighted by Gasteiger charge is -2.42. The molecule has 4 aliphatic rings. The first-order chi connectivity index (χ1) is 14.7. The summed E-state index contributed by atoms with van der Waals surface area (Å²) in [7, 11) is 1.74. The van der Waals surface area contributed by atoms with Crippen molar-refractivity contribution in [2.24, 2.45) is 16.5 Å². The summed E-state index contributed by atoms with van der Waals surface area (Å²) in [6.07, 6.45) is 9.06. The van der Waals surface area contributed by atoms with Crippen molar-refractivity contribution >= 4 is 11.6 Å². The molecule has 0 unspecified atom stereocenters. The molecule has 6 nitrogen and oxygen atoms in total. The van der Waals surface area contributed by atoms with Crippen molar-refractivity contribution in [3.8, 4) is 5.75 Å². The van der Waals surface area contributed by atoms with E-state index in [9.17, 15) is 4.79 Å². The number of methoxy groups -OCH3 is 1. The molecule has 1 aromatic carbocycles. The van der Waals surface area contributed by atoms with Gasteiger partial charge >= 0.3 is 0 Å². The second-order valence-electron chi connectivity index (χ2n) is 9.54. The highest BCUT2D eigenvalue weighted by Crippen LogP contribution is 2.54. The fraction of sp³-hybridized carbons (Fsp3) is 0.667. The third-order valence-corrected chi connectivity index (χ3v) is 7.90. The van der Waals surface area contributed by atoms with E-state index in [0.717, 1.165) is 63.9 Å². The number of hydrogen-bond donors (Lipinski definition) is 1. The van der Waals surface area contributed by atoms with E-state index in [2.05, 4.69) is 27.5 Å². The molecule has 3 fully saturated rings. The van der Waals surface area contributed by atoms with Gasteiger partial charge in [-0.25, -0.2) is 0 Å². The molecule has 2 saturated carbocycles. The van der Waals surface area contributed by atoms with E-state index in [1.165, 1.54) is 18.4 Å². The maximum Gasteiger partial charge on any atom is 0.269 e. The summed E-state index contributed by atoms with van der Waals surface area (Å²) in [6, 6.07) is 8.59. The van der Waals surface area contributed by atoms with Gasteiger partial charge in [-0.05, 0) is 63.1 Å². The summed E-state index contributed by atoms with van der Waals surface area (Å²) in [5.74, 6) is 1.14. The smallest absolute Gasteiger partial charge is 0.269 e. The highest BCUT2D eigenvalue weighted by atomic mass is 16.6. The second-order valence-corrected chi connectivity index (χ2v) is 9.54. The van der Waals surface area contributed by atoms with E-state index in [4.69, 9.17) is 9.57 Å². The first kappa shape index (κ1) is 19.9. The Morgan fingerprint density at radius 1 is 1.20 bits per heavy atom. The zero-order chi connectivity index (χ0) is 20.6. The van der Waals surface area contributed by atoms with E-state index in [1.54, 1.807) is 7.11 Å². The van der Waals surface area contributed by atoms with Gasteiger partial charge in [-0.3, -0.25) is 9.69 Å². The van der Waals surface area contributed by atoms with Crippen LogP contribution in [0.2, 0.25) is 0 Å². The van der Waals surface area contributed by atoms with Crippen LogP contribution in [0, 0.1) is 11.3 Å². The molecule has 2 aliphatic heterocycles. The number of ether oxygens (including phenoxy) is 1. The van der Waals surface area contributed by atoms with Crippen molar-refractivity contribution in [3.05, 3.63) is 29.8 Å². The van der Waals surface area contributed by atoms with E-state index in [1.807, 2.05) is 12.1 Å². The van der Waals surface area contributed by atoms with Crippen molar-refractivity contribution < 1.29 is 14.4 Å². The predicted molar refractivity (Wildman–Crippen MR) is 115 cm³/mol. The van der Waals surface area contributed by atoms with Crippen LogP contribution in [-0.2, 0) is 16.2 Å². The molecule has 162 valence electrons. The van der Waals surface area contributed by atoms with Gasteiger partial charge in [0.05, 0.1) is 13.0 Å². The average molecular weight is 412 g/mol. The van der Waals surface area contributed by atoms with Gasteiger partial charge in [-0.15, -0.1) is 0 Å². The summed E-state index contributed by atoms with van der Waals surface area (Å²) in [5, 5.41) is 7.53. The van der Waals surface area contributed by atoms with Gasteiger partial charge in [0.25, 0.3) is 5.91 Å². The van der Waals surface area contributed by atoms with E-state index >= 15 is 0 Å². The number of hydrogen-bond acceptors (Lipinski definition) is 5. The second kappa shape index (κ2) is 8.22. The summed E-state index contributed by atoms with van der Waals surface area (Å²) >= 11 is 0. The van der Waals surface area contributed by atoms with Crippen LogP contribution in [0.5, 0.6) is 5.75 Å². The van der Waals surface area contributed by atoms with Crippen LogP contribution in [0.1, 0.15) is 56.9 Å². The molecule has 2 heterocycles. The molecule has 6 heteroatoms. The number of oxime groups is 1. The maximum atomic E-state index is 13.0. The van der Waals surface area contributed by atoms with Crippen molar-refractivity contribution in [1.29, 1.82) is 0 Å². The van der Waals surface area contributed by atoms with Gasteiger partial charge in [0.1, 0.15) is 11.9 Å². The van der Waals surface area contributed by atoms with Crippen LogP contribution in [0.4, 0.5) is 0 Å². The number of amides is 1. The molecule has 1 amide bonds. The zero-order valence-corrected chi connectivity index (χ0v) is 17.9. The number of benzene rings is 1. The van der Waals surface area contributed by atoms with Crippen LogP contribution in [-0.4, -0.2) is 48.9 Å². The Morgan fingerprint density at radius 2 is 1.97 bits per heavy atom. The molecule has 0 bridgehead atoms. The van der Waals surface area contributed by atoms with E-state index in [-0.39, 0.29) is 23.3 Å². The lowest BCUT2D eigenvalue weighted by molar-refractivity contribution is -0.115. The van der Waals surface area contributed by atoms with Crippen LogP contribution >= 0.6 is 0 Å². The van der Waals surface area contributed by atoms with Gasteiger partial charge in [-0.1, -0.05) is 36.2 Å². The van der Waals surface area contributed by atoms with E-state index in [0.29, 0.717) is 11.8 Å². The van der Waals surface area contributed by atoms with Crippen molar-refractivity contribution in [1.82, 2.24) is 10.2 Å². The number of piperidine rings is 1. The molecule has 2 aliphatic carbocycles. The molecular formula is C24H33N3O3. The average Bonchev–Trinajstić information content (AvgIpc) is 3.50. The number of nitrogens with zero attached hydrogens (tertiary/aromatic N) is 2. The summed E-state index contributed by atoms with van der Waals surface area (Å²) in [5.41, 5.74) is 2.06. The largest absolute Gasteiger partial charge is 0.496 e. The zero-order valence-electron chi connectivity index (χ0n) is 17.9. The lowest BCUT2D eigenvalue weighted by atomic mass is 9.68. The van der Waals surface area contributed by atoms with E-state index < -0.39 is 0 Å². The Morgan fingerprint density at radius 3 is 2.73 bits per heavy atom. The Kier molecular flexibility index (Phi) is 5.44. The molecule has 1 aromatic rings. The van der Waals surface area contributed by atoms with Gasteiger partial charge < -0.3 is 14.9 Å². The molecule has 1 saturated heterocycles. The standard InChI is InChI=1S/C24H33N3O3/c1-29-19-9-5-2-6-17(19)16-27-14-12-24(13-15-27)11-10-20-21(24)22(26-30-20)23(28)25-18-7-3-4-8-18/h2,5-6,9,18,20-21H,3-4,7-8,10-16H2,1H3,(H,25,28)/t20-,21+/m0/s1. The van der Waals surface area contributed by atoms with Gasteiger partial charge in [0.2, 0.25) is 0 Å². The molecular weight excluding hydrogens is 378 g/mol. The summed E-state index contributed by atoms with van der Waals surface area (Å²) in [6.45, 7) is 2.99. The minimum Gasteiger partial charge on any atom is -0.496 e. The maximum absolute atomic E-state index is 13.0. The van der Waals surface area contributed by atoms with Crippen LogP contribution < -0.4 is 10.1 Å². The molecule has 30 heavy (non-hydrogen) atoms. The quantitative estimate of drug-likeness (QED) is 0.806. The van der Waals surface area contributed by atoms with Crippen LogP contribution in [0.3, 0.4) is 0 Å². The van der Waals surface area contributed by atoms with Crippen LogP contribution in [0.15, 0.2) is 29.4 Å². The third-order valence-electron chi connectivity index (χ3n) is 7.90. The fourth-order valence-electron chi connectivity index (χ4n) is 6.21. The Bertz CT molecular complexity index is 810. The van der Waals surface area contributed by atoms with Gasteiger partial charge in [0, 0.05) is 18.2 Å². The Labute approximate surface area is 179 Å². The number of nitrogens with one attached hydrogen (secondary N) is 1. The fourth-order valence-corrected chi connectivity index (χ4v) is 6.21. The number of rotatable bonds is 5. The Hall–Kier alpha value is -2.08. The normalized spacial score (nSPS) is 28.2. The first-order valence-corrected chi connectivity index (χ1v) is 11.6. The summed E-state index contributed by atoms with van der Waals surface area (Å²) < 4.78 is 5.53. The topological polar surface area (TPSA) is 63.2 Å². The minimum absolute atomic E-state index is 0.0205. The minimum atomic E-state index is 0.0205. The van der Waals surface area contributed by atoms with Crippen LogP contribution in [0.25, 0.3) is 0 Å². The highest BCUT2D eigenvalue weighted by molar-refractivity contribution is 6.40. The number of carbonyl (C=O) groups is 1. The number of likely N-dealkylation sites (tertiary alicyclic amines) is 1. The first-order valence-electron chi connectivity index (χ1n) is 11.6. The Balaban J connectivity index is 1.24. The number of carbonyl (C=O) groups excluding carboxylic acids is 1. The monoisotopic (exact) mass is 411 g/mol. The molecule has 2 atom stereocenters. The van der Waals surface area contributed by atoms with Crippen molar-refractivity contribution in [3.63, 3.8) is 0 Å². The highest BCUT2D eigenvalue weighted by Gasteiger charge is 2.57. The number of para-hydroxylation sites is 1. The van der Waals surface area contributed by atoms with Crippen molar-refractivity contribution in [2.75, 3.05) is 20.2 Å². The predicted octanol–water partition coefficient (Wildman–Crippen LogP) is 3.50. The van der Waals surface area contributed by atoms with Crippen molar-refractivity contribution in [2.45, 2.75) is 70.1 Å². The third kappa shape index (κ3) is 3.59. The lowest BCUT2D eigenvalue weighted by Crippen LogP contribution is -2.48. The molecule has 0 aromatic heterocycles. The number of fused-ring (bicyclic) bond motifs is 2. The SMILES string of the molecule is COc1ccccc1CN1CCC2(CC[C@@H]3ON=C(C(=O)NC4CCCC4)[C@@H]32)CC1. The van der Waals surface area contributed by atoms with Gasteiger partial charge in [0.15, 0.2) is 5.71 Å². The molecule has 1 N–H and O–H groups in total. The molecule has 5 rings (SSSR count).